The molecule has 2 aromatic rings. The number of anilines is 1. The zero-order valence-electron chi connectivity index (χ0n) is 15.1. The van der Waals surface area contributed by atoms with Gasteiger partial charge in [-0.2, -0.15) is 0 Å². The van der Waals surface area contributed by atoms with Crippen molar-refractivity contribution in [2.45, 2.75) is 32.0 Å². The molecule has 0 aromatic heterocycles. The molecule has 0 saturated carbocycles. The fourth-order valence-electron chi connectivity index (χ4n) is 3.73. The van der Waals surface area contributed by atoms with Crippen LogP contribution in [0.2, 0.25) is 0 Å². The molecule has 0 amide bonds. The molecule has 2 bridgehead atoms. The van der Waals surface area contributed by atoms with Crippen LogP contribution in [-0.4, -0.2) is 24.6 Å². The molecule has 4 rings (SSSR count). The van der Waals surface area contributed by atoms with Crippen molar-refractivity contribution in [1.82, 2.24) is 5.32 Å². The molecule has 5 nitrogen and oxygen atoms in total. The van der Waals surface area contributed by atoms with E-state index in [-0.39, 0.29) is 6.04 Å². The average Bonchev–Trinajstić information content (AvgIpc) is 2.62. The molecule has 1 saturated heterocycles. The lowest BCUT2D eigenvalue weighted by molar-refractivity contribution is 0.0496. The molecule has 1 N–H and O–H groups in total. The number of nitrogens with one attached hydrogen (secondary N) is 1. The molecule has 26 heavy (non-hydrogen) atoms. The van der Waals surface area contributed by atoms with Crippen LogP contribution in [0, 0.1) is 0 Å². The Hall–Kier alpha value is -2.47. The quantitative estimate of drug-likeness (QED) is 0.820. The van der Waals surface area contributed by atoms with Crippen LogP contribution >= 0.6 is 12.2 Å². The Kier molecular flexibility index (Phi) is 4.15. The van der Waals surface area contributed by atoms with E-state index in [0.717, 1.165) is 34.9 Å². The summed E-state index contributed by atoms with van der Waals surface area (Å²) in [5.74, 6) is 2.52. The molecule has 0 aliphatic carbocycles. The topological polar surface area (TPSA) is 43.0 Å². The van der Waals surface area contributed by atoms with Crippen molar-refractivity contribution < 1.29 is 14.2 Å². The third-order valence-electron chi connectivity index (χ3n) is 4.88. The molecule has 2 unspecified atom stereocenters. The van der Waals surface area contributed by atoms with E-state index in [1.54, 1.807) is 7.11 Å². The standard InChI is InChI=1S/C20H22N2O3S/c1-4-24-14-7-5-13(6-8-14)22-19(26)21-17-12-20(22,2)25-18-10-9-15(23-3)11-16(17)18/h5-11,17H,4,12H2,1-3H3,(H,21,26). The molecule has 2 heterocycles. The molecular formula is C20H22N2O3S. The first-order valence-electron chi connectivity index (χ1n) is 8.74. The lowest BCUT2D eigenvalue weighted by Gasteiger charge is -2.52. The summed E-state index contributed by atoms with van der Waals surface area (Å²) < 4.78 is 17.3. The largest absolute Gasteiger partial charge is 0.497 e. The minimum atomic E-state index is -0.554. The maximum atomic E-state index is 6.42. The van der Waals surface area contributed by atoms with Crippen LogP contribution in [0.15, 0.2) is 42.5 Å². The van der Waals surface area contributed by atoms with E-state index < -0.39 is 5.72 Å². The molecule has 2 aliphatic heterocycles. The van der Waals surface area contributed by atoms with Crippen LogP contribution in [-0.2, 0) is 0 Å². The highest BCUT2D eigenvalue weighted by atomic mass is 32.1. The van der Waals surface area contributed by atoms with Crippen molar-refractivity contribution in [1.29, 1.82) is 0 Å². The summed E-state index contributed by atoms with van der Waals surface area (Å²) in [5.41, 5.74) is 1.50. The first kappa shape index (κ1) is 17.0. The minimum Gasteiger partial charge on any atom is -0.497 e. The third-order valence-corrected chi connectivity index (χ3v) is 5.19. The van der Waals surface area contributed by atoms with Crippen molar-refractivity contribution >= 4 is 23.0 Å². The number of nitrogens with zero attached hydrogens (tertiary/aromatic N) is 1. The predicted molar refractivity (Wildman–Crippen MR) is 105 cm³/mol. The molecule has 2 aromatic carbocycles. The Morgan fingerprint density at radius 3 is 2.65 bits per heavy atom. The molecule has 2 aliphatic rings. The van der Waals surface area contributed by atoms with Crippen LogP contribution in [0.4, 0.5) is 5.69 Å². The number of fused-ring (bicyclic) bond motifs is 4. The maximum absolute atomic E-state index is 6.42. The van der Waals surface area contributed by atoms with Gasteiger partial charge in [0.05, 0.1) is 19.8 Å². The third kappa shape index (κ3) is 2.74. The van der Waals surface area contributed by atoms with Gasteiger partial charge in [-0.05, 0) is 68.5 Å². The number of rotatable bonds is 4. The van der Waals surface area contributed by atoms with Crippen LogP contribution in [0.3, 0.4) is 0 Å². The lowest BCUT2D eigenvalue weighted by Crippen LogP contribution is -2.65. The van der Waals surface area contributed by atoms with Crippen LogP contribution < -0.4 is 24.4 Å². The Morgan fingerprint density at radius 2 is 1.96 bits per heavy atom. The fraction of sp³-hybridized carbons (Fsp3) is 0.350. The molecule has 0 radical (unpaired) electrons. The minimum absolute atomic E-state index is 0.102. The number of thiocarbonyl (C=S) groups is 1. The molecular weight excluding hydrogens is 348 g/mol. The maximum Gasteiger partial charge on any atom is 0.188 e. The Balaban J connectivity index is 1.70. The van der Waals surface area contributed by atoms with Gasteiger partial charge >= 0.3 is 0 Å². The van der Waals surface area contributed by atoms with Gasteiger partial charge < -0.3 is 19.5 Å². The average molecular weight is 370 g/mol. The second-order valence-electron chi connectivity index (χ2n) is 6.65. The van der Waals surface area contributed by atoms with Crippen LogP contribution in [0.1, 0.15) is 31.9 Å². The van der Waals surface area contributed by atoms with E-state index in [1.165, 1.54) is 0 Å². The Morgan fingerprint density at radius 1 is 1.23 bits per heavy atom. The second kappa shape index (κ2) is 6.36. The zero-order valence-corrected chi connectivity index (χ0v) is 15.9. The summed E-state index contributed by atoms with van der Waals surface area (Å²) in [5, 5.41) is 4.11. The van der Waals surface area contributed by atoms with Crippen molar-refractivity contribution in [2.75, 3.05) is 18.6 Å². The van der Waals surface area contributed by atoms with Crippen molar-refractivity contribution in [3.8, 4) is 17.2 Å². The van der Waals surface area contributed by atoms with Gasteiger partial charge in [-0.1, -0.05) is 0 Å². The highest BCUT2D eigenvalue weighted by molar-refractivity contribution is 7.80. The highest BCUT2D eigenvalue weighted by Gasteiger charge is 2.48. The summed E-state index contributed by atoms with van der Waals surface area (Å²) in [6.07, 6.45) is 0.778. The summed E-state index contributed by atoms with van der Waals surface area (Å²) >= 11 is 5.68. The SMILES string of the molecule is CCOc1ccc(N2C(=S)NC3CC2(C)Oc2ccc(OC)cc23)cc1. The number of benzene rings is 2. The normalized spacial score (nSPS) is 23.6. The molecule has 1 fully saturated rings. The first-order valence-corrected chi connectivity index (χ1v) is 9.15. The van der Waals surface area contributed by atoms with Gasteiger partial charge in [-0.3, -0.25) is 4.90 Å². The molecule has 136 valence electrons. The van der Waals surface area contributed by atoms with Crippen molar-refractivity contribution in [2.24, 2.45) is 0 Å². The summed E-state index contributed by atoms with van der Waals surface area (Å²) in [6.45, 7) is 4.70. The number of hydrogen-bond acceptors (Lipinski definition) is 4. The number of hydrogen-bond donors (Lipinski definition) is 1. The van der Waals surface area contributed by atoms with Gasteiger partial charge in [-0.15, -0.1) is 0 Å². The van der Waals surface area contributed by atoms with Crippen LogP contribution in [0.25, 0.3) is 0 Å². The smallest absolute Gasteiger partial charge is 0.188 e. The van der Waals surface area contributed by atoms with Crippen molar-refractivity contribution in [3.05, 3.63) is 48.0 Å². The van der Waals surface area contributed by atoms with Crippen LogP contribution in [0.5, 0.6) is 17.2 Å². The lowest BCUT2D eigenvalue weighted by atomic mass is 9.90. The first-order chi connectivity index (χ1) is 12.5. The van der Waals surface area contributed by atoms with E-state index in [1.807, 2.05) is 54.3 Å². The van der Waals surface area contributed by atoms with E-state index in [0.29, 0.717) is 11.7 Å². The van der Waals surface area contributed by atoms with E-state index >= 15 is 0 Å². The van der Waals surface area contributed by atoms with Gasteiger partial charge in [0.15, 0.2) is 10.8 Å². The van der Waals surface area contributed by atoms with Gasteiger partial charge in [0.2, 0.25) is 0 Å². The van der Waals surface area contributed by atoms with Gasteiger partial charge in [0.1, 0.15) is 17.2 Å². The van der Waals surface area contributed by atoms with Gasteiger partial charge in [0, 0.05) is 17.7 Å². The zero-order chi connectivity index (χ0) is 18.3. The predicted octanol–water partition coefficient (Wildman–Crippen LogP) is 4.03. The molecule has 0 spiro atoms. The molecule has 6 heteroatoms. The second-order valence-corrected chi connectivity index (χ2v) is 7.04. The van der Waals surface area contributed by atoms with Gasteiger partial charge in [-0.25, -0.2) is 0 Å². The summed E-state index contributed by atoms with van der Waals surface area (Å²) in [7, 11) is 1.67. The van der Waals surface area contributed by atoms with E-state index in [2.05, 4.69) is 12.2 Å². The van der Waals surface area contributed by atoms with Gasteiger partial charge in [0.25, 0.3) is 0 Å². The van der Waals surface area contributed by atoms with E-state index in [4.69, 9.17) is 26.4 Å². The number of methoxy groups -OCH3 is 1. The Labute approximate surface area is 158 Å². The number of ether oxygens (including phenoxy) is 3. The van der Waals surface area contributed by atoms with E-state index in [9.17, 15) is 0 Å². The monoisotopic (exact) mass is 370 g/mol. The van der Waals surface area contributed by atoms with Crippen molar-refractivity contribution in [3.63, 3.8) is 0 Å². The highest BCUT2D eigenvalue weighted by Crippen LogP contribution is 2.46. The summed E-state index contributed by atoms with van der Waals surface area (Å²) in [4.78, 5) is 2.04. The Bertz CT molecular complexity index is 839. The summed E-state index contributed by atoms with van der Waals surface area (Å²) in [6, 6.07) is 13.9. The molecule has 2 atom stereocenters. The fourth-order valence-corrected chi connectivity index (χ4v) is 4.17.